The highest BCUT2D eigenvalue weighted by Gasteiger charge is 2.48. The van der Waals surface area contributed by atoms with Crippen LogP contribution in [0.5, 0.6) is 0 Å². The van der Waals surface area contributed by atoms with Crippen molar-refractivity contribution in [3.05, 3.63) is 0 Å². The number of ether oxygens (including phenoxy) is 2. The molecule has 2 fully saturated rings. The Balaban J connectivity index is 2.06. The molecule has 2 rings (SSSR count). The Morgan fingerprint density at radius 1 is 0.533 bits per heavy atom. The van der Waals surface area contributed by atoms with Gasteiger partial charge in [-0.3, -0.25) is 0 Å². The second kappa shape index (κ2) is 14.1. The van der Waals surface area contributed by atoms with E-state index in [9.17, 15) is 0 Å². The molecule has 0 aromatic carbocycles. The Kier molecular flexibility index (Phi) is 12.3. The van der Waals surface area contributed by atoms with Gasteiger partial charge in [-0.2, -0.15) is 0 Å². The number of hydrogen-bond donors (Lipinski definition) is 0. The molecule has 0 aromatic heterocycles. The van der Waals surface area contributed by atoms with Crippen molar-refractivity contribution in [3.63, 3.8) is 0 Å². The molecule has 2 heteroatoms. The first-order chi connectivity index (χ1) is 14.6. The summed E-state index contributed by atoms with van der Waals surface area (Å²) >= 11 is 0. The van der Waals surface area contributed by atoms with Crippen LogP contribution in [-0.2, 0) is 9.47 Å². The molecule has 178 valence electrons. The Hall–Kier alpha value is -0.0800. The number of fused-ring (bicyclic) bond motifs is 1. The van der Waals surface area contributed by atoms with Gasteiger partial charge in [0, 0.05) is 5.92 Å². The molecule has 2 aliphatic heterocycles. The van der Waals surface area contributed by atoms with Crippen LogP contribution in [0.15, 0.2) is 0 Å². The maximum atomic E-state index is 7.02. The lowest BCUT2D eigenvalue weighted by molar-refractivity contribution is -0.323. The zero-order chi connectivity index (χ0) is 21.7. The van der Waals surface area contributed by atoms with E-state index in [-0.39, 0.29) is 17.5 Å². The molecule has 0 amide bonds. The van der Waals surface area contributed by atoms with Gasteiger partial charge < -0.3 is 9.47 Å². The highest BCUT2D eigenvalue weighted by molar-refractivity contribution is 4.94. The third kappa shape index (κ3) is 8.12. The lowest BCUT2D eigenvalue weighted by Crippen LogP contribution is -2.53. The summed E-state index contributed by atoms with van der Waals surface area (Å²) in [5.74, 6) is 0.640. The molecule has 0 aromatic rings. The molecule has 0 spiro atoms. The summed E-state index contributed by atoms with van der Waals surface area (Å²) in [6.07, 6.45) is 26.0. The molecule has 0 saturated carbocycles. The summed E-state index contributed by atoms with van der Waals surface area (Å²) in [4.78, 5) is 0. The van der Waals surface area contributed by atoms with Gasteiger partial charge in [0.25, 0.3) is 0 Å². The van der Waals surface area contributed by atoms with E-state index in [2.05, 4.69) is 27.7 Å². The van der Waals surface area contributed by atoms with E-state index < -0.39 is 0 Å². The van der Waals surface area contributed by atoms with E-state index in [4.69, 9.17) is 9.47 Å². The maximum Gasteiger partial charge on any atom is 0.161 e. The third-order valence-corrected chi connectivity index (χ3v) is 8.00. The Labute approximate surface area is 189 Å². The van der Waals surface area contributed by atoms with Crippen molar-refractivity contribution in [1.82, 2.24) is 0 Å². The Morgan fingerprint density at radius 3 is 1.17 bits per heavy atom. The Bertz CT molecular complexity index is 363. The first kappa shape index (κ1) is 26.2. The summed E-state index contributed by atoms with van der Waals surface area (Å²) < 4.78 is 14.0. The SMILES string of the molecule is CCCCCC1(CCCCC)CCC2CCC(CCCCC)(CCCCC)OC2O1. The van der Waals surface area contributed by atoms with Crippen LogP contribution >= 0.6 is 0 Å². The smallest absolute Gasteiger partial charge is 0.161 e. The van der Waals surface area contributed by atoms with E-state index in [0.29, 0.717) is 5.92 Å². The minimum atomic E-state index is 0.0685. The molecular weight excluding hydrogens is 368 g/mol. The second-order valence-electron chi connectivity index (χ2n) is 10.6. The van der Waals surface area contributed by atoms with Gasteiger partial charge in [0.1, 0.15) is 0 Å². The van der Waals surface area contributed by atoms with Gasteiger partial charge in [0.2, 0.25) is 0 Å². The van der Waals surface area contributed by atoms with Gasteiger partial charge in [-0.25, -0.2) is 0 Å². The van der Waals surface area contributed by atoms with Gasteiger partial charge in [0.05, 0.1) is 11.2 Å². The largest absolute Gasteiger partial charge is 0.346 e. The van der Waals surface area contributed by atoms with Crippen molar-refractivity contribution >= 4 is 0 Å². The normalized spacial score (nSPS) is 25.2. The van der Waals surface area contributed by atoms with Crippen molar-refractivity contribution in [3.8, 4) is 0 Å². The van der Waals surface area contributed by atoms with Crippen LogP contribution in [0.2, 0.25) is 0 Å². The standard InChI is InChI=1S/C28H54O2/c1-5-9-13-19-27(20-14-10-6-2)23-17-25-18-24-28(21-15-11-7-3,22-16-12-8-4)30-26(25)29-27/h25-26H,5-24H2,1-4H3. The molecular formula is C28H54O2. The third-order valence-electron chi connectivity index (χ3n) is 8.00. The lowest BCUT2D eigenvalue weighted by Gasteiger charge is -2.52. The molecule has 2 aliphatic rings. The van der Waals surface area contributed by atoms with Crippen LogP contribution in [0.4, 0.5) is 0 Å². The molecule has 2 saturated heterocycles. The van der Waals surface area contributed by atoms with Gasteiger partial charge in [-0.15, -0.1) is 0 Å². The maximum absolute atomic E-state index is 7.02. The summed E-state index contributed by atoms with van der Waals surface area (Å²) in [5.41, 5.74) is 0.197. The zero-order valence-electron chi connectivity index (χ0n) is 21.1. The predicted molar refractivity (Wildman–Crippen MR) is 130 cm³/mol. The molecule has 0 N–H and O–H groups in total. The molecule has 2 heterocycles. The fourth-order valence-corrected chi connectivity index (χ4v) is 5.91. The molecule has 30 heavy (non-hydrogen) atoms. The van der Waals surface area contributed by atoms with Crippen LogP contribution in [0.3, 0.4) is 0 Å². The number of rotatable bonds is 16. The number of unbranched alkanes of at least 4 members (excludes halogenated alkanes) is 8. The Morgan fingerprint density at radius 2 is 0.867 bits per heavy atom. The minimum Gasteiger partial charge on any atom is -0.346 e. The zero-order valence-corrected chi connectivity index (χ0v) is 21.1. The molecule has 0 unspecified atom stereocenters. The first-order valence-corrected chi connectivity index (χ1v) is 14.0. The molecule has 0 bridgehead atoms. The quantitative estimate of drug-likeness (QED) is 0.231. The van der Waals surface area contributed by atoms with Crippen molar-refractivity contribution < 1.29 is 9.47 Å². The van der Waals surface area contributed by atoms with Gasteiger partial charge in [-0.05, 0) is 51.4 Å². The van der Waals surface area contributed by atoms with E-state index in [1.807, 2.05) is 0 Å². The summed E-state index contributed by atoms with van der Waals surface area (Å²) in [6, 6.07) is 0. The summed E-state index contributed by atoms with van der Waals surface area (Å²) in [7, 11) is 0. The van der Waals surface area contributed by atoms with Gasteiger partial charge >= 0.3 is 0 Å². The molecule has 0 aliphatic carbocycles. The topological polar surface area (TPSA) is 18.5 Å². The molecule has 2 nitrogen and oxygen atoms in total. The summed E-state index contributed by atoms with van der Waals surface area (Å²) in [6.45, 7) is 9.25. The van der Waals surface area contributed by atoms with Crippen molar-refractivity contribution in [2.24, 2.45) is 5.92 Å². The molecule has 0 radical (unpaired) electrons. The first-order valence-electron chi connectivity index (χ1n) is 14.0. The lowest BCUT2D eigenvalue weighted by atomic mass is 9.75. The summed E-state index contributed by atoms with van der Waals surface area (Å²) in [5, 5.41) is 0. The van der Waals surface area contributed by atoms with Crippen LogP contribution < -0.4 is 0 Å². The molecule has 0 atom stereocenters. The van der Waals surface area contributed by atoms with Crippen molar-refractivity contribution in [2.75, 3.05) is 0 Å². The number of hydrogen-bond acceptors (Lipinski definition) is 2. The highest BCUT2D eigenvalue weighted by atomic mass is 16.7. The minimum absolute atomic E-state index is 0.0685. The highest BCUT2D eigenvalue weighted by Crippen LogP contribution is 2.48. The van der Waals surface area contributed by atoms with Crippen LogP contribution in [0.1, 0.15) is 156 Å². The van der Waals surface area contributed by atoms with E-state index >= 15 is 0 Å². The van der Waals surface area contributed by atoms with Gasteiger partial charge in [0.15, 0.2) is 6.29 Å². The van der Waals surface area contributed by atoms with Crippen LogP contribution in [0, 0.1) is 5.92 Å². The monoisotopic (exact) mass is 422 g/mol. The predicted octanol–water partition coefficient (Wildman–Crippen LogP) is 9.35. The van der Waals surface area contributed by atoms with E-state index in [0.717, 1.165) is 0 Å². The van der Waals surface area contributed by atoms with Crippen LogP contribution in [0.25, 0.3) is 0 Å². The van der Waals surface area contributed by atoms with Crippen LogP contribution in [-0.4, -0.2) is 17.5 Å². The van der Waals surface area contributed by atoms with E-state index in [1.165, 1.54) is 128 Å². The van der Waals surface area contributed by atoms with Crippen molar-refractivity contribution in [1.29, 1.82) is 0 Å². The fourth-order valence-electron chi connectivity index (χ4n) is 5.91. The van der Waals surface area contributed by atoms with Crippen molar-refractivity contribution in [2.45, 2.75) is 174 Å². The second-order valence-corrected chi connectivity index (χ2v) is 10.6. The van der Waals surface area contributed by atoms with Gasteiger partial charge in [-0.1, -0.05) is 105 Å². The average molecular weight is 423 g/mol. The van der Waals surface area contributed by atoms with E-state index in [1.54, 1.807) is 0 Å². The fraction of sp³-hybridized carbons (Fsp3) is 1.00. The average Bonchev–Trinajstić information content (AvgIpc) is 2.74.